The van der Waals surface area contributed by atoms with Crippen molar-refractivity contribution in [2.24, 2.45) is 0 Å². The highest BCUT2D eigenvalue weighted by Crippen LogP contribution is 2.17. The molecule has 0 amide bonds. The number of rotatable bonds is 2. The van der Waals surface area contributed by atoms with Gasteiger partial charge < -0.3 is 9.14 Å². The molecule has 0 spiro atoms. The summed E-state index contributed by atoms with van der Waals surface area (Å²) in [4.78, 5) is 4.65. The van der Waals surface area contributed by atoms with Crippen LogP contribution < -0.4 is 0 Å². The number of nitrogens with zero attached hydrogens (tertiary/aromatic N) is 2. The molecule has 1 fully saturated rings. The third-order valence-corrected chi connectivity index (χ3v) is 3.46. The van der Waals surface area contributed by atoms with Crippen LogP contribution in [-0.4, -0.2) is 22.1 Å². The van der Waals surface area contributed by atoms with E-state index >= 15 is 0 Å². The molecule has 2 aromatic heterocycles. The number of fused-ring (bicyclic) bond motifs is 1. The number of hydrogen-bond donors (Lipinski definition) is 0. The van der Waals surface area contributed by atoms with E-state index in [9.17, 15) is 0 Å². The van der Waals surface area contributed by atoms with Gasteiger partial charge in [-0.1, -0.05) is 6.07 Å². The fraction of sp³-hybridized carbons (Fsp3) is 0.500. The predicted molar refractivity (Wildman–Crippen MR) is 67.2 cm³/mol. The number of imidazole rings is 1. The Bertz CT molecular complexity index is 512. The summed E-state index contributed by atoms with van der Waals surface area (Å²) in [7, 11) is 0. The molecule has 2 aromatic rings. The highest BCUT2D eigenvalue weighted by molar-refractivity contribution is 5.41. The highest BCUT2D eigenvalue weighted by Gasteiger charge is 2.16. The molecule has 3 heterocycles. The van der Waals surface area contributed by atoms with Gasteiger partial charge in [-0.25, -0.2) is 4.98 Å². The topological polar surface area (TPSA) is 26.5 Å². The number of pyridine rings is 1. The van der Waals surface area contributed by atoms with Gasteiger partial charge in [0, 0.05) is 24.9 Å². The van der Waals surface area contributed by atoms with Crippen molar-refractivity contribution in [2.75, 3.05) is 6.61 Å². The van der Waals surface area contributed by atoms with Crippen LogP contribution >= 0.6 is 0 Å². The summed E-state index contributed by atoms with van der Waals surface area (Å²) in [5, 5.41) is 0. The molecule has 1 unspecified atom stereocenters. The summed E-state index contributed by atoms with van der Waals surface area (Å²) >= 11 is 0. The maximum atomic E-state index is 5.76. The quantitative estimate of drug-likeness (QED) is 0.793. The Labute approximate surface area is 101 Å². The second-order valence-electron chi connectivity index (χ2n) is 4.82. The Morgan fingerprint density at radius 3 is 3.12 bits per heavy atom. The van der Waals surface area contributed by atoms with Crippen LogP contribution in [0.3, 0.4) is 0 Å². The Hall–Kier alpha value is -1.35. The van der Waals surface area contributed by atoms with Crippen molar-refractivity contribution >= 4 is 5.65 Å². The smallest absolute Gasteiger partial charge is 0.137 e. The molecule has 3 heteroatoms. The zero-order valence-electron chi connectivity index (χ0n) is 10.2. The van der Waals surface area contributed by atoms with Crippen molar-refractivity contribution in [1.82, 2.24) is 9.38 Å². The number of aryl methyl sites for hydroxylation is 1. The first-order chi connectivity index (χ1) is 8.33. The van der Waals surface area contributed by atoms with Crippen molar-refractivity contribution < 1.29 is 4.74 Å². The average molecular weight is 230 g/mol. The number of ether oxygens (including phenoxy) is 1. The lowest BCUT2D eigenvalue weighted by atomic mass is 10.1. The van der Waals surface area contributed by atoms with E-state index in [4.69, 9.17) is 4.74 Å². The molecule has 0 aromatic carbocycles. The van der Waals surface area contributed by atoms with E-state index in [1.807, 2.05) is 0 Å². The van der Waals surface area contributed by atoms with E-state index in [2.05, 4.69) is 40.7 Å². The average Bonchev–Trinajstić information content (AvgIpc) is 2.74. The lowest BCUT2D eigenvalue weighted by molar-refractivity contribution is 0.0163. The molecule has 0 bridgehead atoms. The van der Waals surface area contributed by atoms with Gasteiger partial charge in [0.05, 0.1) is 11.8 Å². The van der Waals surface area contributed by atoms with E-state index in [1.54, 1.807) is 0 Å². The van der Waals surface area contributed by atoms with Crippen LogP contribution in [0.5, 0.6) is 0 Å². The summed E-state index contributed by atoms with van der Waals surface area (Å²) in [6.45, 7) is 3.02. The van der Waals surface area contributed by atoms with Crippen molar-refractivity contribution in [3.05, 3.63) is 35.8 Å². The summed E-state index contributed by atoms with van der Waals surface area (Å²) in [5.74, 6) is 0. The maximum absolute atomic E-state index is 5.76. The molecule has 1 aliphatic rings. The SMILES string of the molecule is Cc1cccc2nc(CC3CCCCO3)cn12. The van der Waals surface area contributed by atoms with E-state index in [0.29, 0.717) is 6.10 Å². The Kier molecular flexibility index (Phi) is 2.85. The summed E-state index contributed by atoms with van der Waals surface area (Å²) < 4.78 is 7.91. The van der Waals surface area contributed by atoms with Crippen LogP contribution in [0.25, 0.3) is 5.65 Å². The van der Waals surface area contributed by atoms with Gasteiger partial charge in [0.1, 0.15) is 5.65 Å². The minimum atomic E-state index is 0.369. The molecule has 1 aliphatic heterocycles. The standard InChI is InChI=1S/C14H18N2O/c1-11-5-4-7-14-15-12(10-16(11)14)9-13-6-2-3-8-17-13/h4-5,7,10,13H,2-3,6,8-9H2,1H3. The van der Waals surface area contributed by atoms with Crippen LogP contribution in [0, 0.1) is 6.92 Å². The molecular formula is C14H18N2O. The van der Waals surface area contributed by atoms with Crippen LogP contribution in [0.1, 0.15) is 30.7 Å². The van der Waals surface area contributed by atoms with Gasteiger partial charge in [0.15, 0.2) is 0 Å². The van der Waals surface area contributed by atoms with Gasteiger partial charge in [-0.3, -0.25) is 0 Å². The van der Waals surface area contributed by atoms with Gasteiger partial charge in [-0.15, -0.1) is 0 Å². The molecule has 0 aliphatic carbocycles. The normalized spacial score (nSPS) is 20.9. The van der Waals surface area contributed by atoms with E-state index < -0.39 is 0 Å². The molecule has 1 atom stereocenters. The molecule has 0 saturated carbocycles. The molecule has 0 radical (unpaired) electrons. The Morgan fingerprint density at radius 2 is 2.35 bits per heavy atom. The highest BCUT2D eigenvalue weighted by atomic mass is 16.5. The van der Waals surface area contributed by atoms with Gasteiger partial charge in [-0.05, 0) is 38.3 Å². The first-order valence-electron chi connectivity index (χ1n) is 6.38. The summed E-state index contributed by atoms with van der Waals surface area (Å²) in [6.07, 6.45) is 7.13. The Balaban J connectivity index is 1.83. The fourth-order valence-corrected chi connectivity index (χ4v) is 2.50. The van der Waals surface area contributed by atoms with Crippen molar-refractivity contribution in [3.63, 3.8) is 0 Å². The van der Waals surface area contributed by atoms with Crippen molar-refractivity contribution in [3.8, 4) is 0 Å². The molecule has 17 heavy (non-hydrogen) atoms. The van der Waals surface area contributed by atoms with Crippen LogP contribution in [0.15, 0.2) is 24.4 Å². The second kappa shape index (κ2) is 4.49. The van der Waals surface area contributed by atoms with E-state index in [-0.39, 0.29) is 0 Å². The van der Waals surface area contributed by atoms with E-state index in [0.717, 1.165) is 24.4 Å². The molecule has 0 N–H and O–H groups in total. The maximum Gasteiger partial charge on any atom is 0.137 e. The van der Waals surface area contributed by atoms with Gasteiger partial charge >= 0.3 is 0 Å². The number of hydrogen-bond acceptors (Lipinski definition) is 2. The number of aromatic nitrogens is 2. The molecular weight excluding hydrogens is 212 g/mol. The second-order valence-corrected chi connectivity index (χ2v) is 4.82. The van der Waals surface area contributed by atoms with Crippen LogP contribution in [0.4, 0.5) is 0 Å². The first kappa shape index (κ1) is 10.8. The molecule has 1 saturated heterocycles. The largest absolute Gasteiger partial charge is 0.378 e. The third-order valence-electron chi connectivity index (χ3n) is 3.46. The van der Waals surface area contributed by atoms with Crippen molar-refractivity contribution in [2.45, 2.75) is 38.7 Å². The molecule has 3 rings (SSSR count). The van der Waals surface area contributed by atoms with Gasteiger partial charge in [0.25, 0.3) is 0 Å². The lowest BCUT2D eigenvalue weighted by Gasteiger charge is -2.21. The Morgan fingerprint density at radius 1 is 1.41 bits per heavy atom. The van der Waals surface area contributed by atoms with Crippen LogP contribution in [0.2, 0.25) is 0 Å². The predicted octanol–water partition coefficient (Wildman–Crippen LogP) is 2.75. The fourth-order valence-electron chi connectivity index (χ4n) is 2.50. The third kappa shape index (κ3) is 2.20. The zero-order chi connectivity index (χ0) is 11.7. The minimum absolute atomic E-state index is 0.369. The molecule has 90 valence electrons. The molecule has 3 nitrogen and oxygen atoms in total. The van der Waals surface area contributed by atoms with Crippen molar-refractivity contribution in [1.29, 1.82) is 0 Å². The van der Waals surface area contributed by atoms with Gasteiger partial charge in [0.2, 0.25) is 0 Å². The lowest BCUT2D eigenvalue weighted by Crippen LogP contribution is -2.21. The first-order valence-corrected chi connectivity index (χ1v) is 6.38. The van der Waals surface area contributed by atoms with Crippen LogP contribution in [-0.2, 0) is 11.2 Å². The van der Waals surface area contributed by atoms with E-state index in [1.165, 1.54) is 25.0 Å². The minimum Gasteiger partial charge on any atom is -0.378 e. The zero-order valence-corrected chi connectivity index (χ0v) is 10.2. The summed E-state index contributed by atoms with van der Waals surface area (Å²) in [5.41, 5.74) is 3.41. The van der Waals surface area contributed by atoms with Gasteiger partial charge in [-0.2, -0.15) is 0 Å². The summed E-state index contributed by atoms with van der Waals surface area (Å²) in [6, 6.07) is 6.21. The monoisotopic (exact) mass is 230 g/mol.